The molecule has 1 aromatic heterocycles. The normalized spacial score (nSPS) is 19.0. The van der Waals surface area contributed by atoms with E-state index in [9.17, 15) is 8.42 Å². The lowest BCUT2D eigenvalue weighted by Crippen LogP contribution is -2.05. The summed E-state index contributed by atoms with van der Waals surface area (Å²) >= 11 is 1.48. The highest BCUT2D eigenvalue weighted by molar-refractivity contribution is 7.90. The summed E-state index contributed by atoms with van der Waals surface area (Å²) in [7, 11) is -3.34. The van der Waals surface area contributed by atoms with Crippen LogP contribution in [0.4, 0.5) is 0 Å². The van der Waals surface area contributed by atoms with E-state index in [0.29, 0.717) is 10.6 Å². The summed E-state index contributed by atoms with van der Waals surface area (Å²) in [5.74, 6) is -0.0563. The Labute approximate surface area is 128 Å². The van der Waals surface area contributed by atoms with E-state index in [4.69, 9.17) is 4.74 Å². The van der Waals surface area contributed by atoms with Gasteiger partial charge in [0.25, 0.3) is 0 Å². The van der Waals surface area contributed by atoms with E-state index >= 15 is 0 Å². The third-order valence-electron chi connectivity index (χ3n) is 3.49. The van der Waals surface area contributed by atoms with Crippen LogP contribution in [0.2, 0.25) is 0 Å². The van der Waals surface area contributed by atoms with Crippen LogP contribution in [0.1, 0.15) is 35.2 Å². The number of benzene rings is 1. The summed E-state index contributed by atoms with van der Waals surface area (Å²) < 4.78 is 30.3. The first-order chi connectivity index (χ1) is 10.0. The number of nitrogens with zero attached hydrogens (tertiary/aromatic N) is 1. The minimum Gasteiger partial charge on any atom is -0.371 e. The van der Waals surface area contributed by atoms with Crippen LogP contribution in [0, 0.1) is 6.92 Å². The molecule has 0 aliphatic carbocycles. The molecule has 1 atom stereocenters. The van der Waals surface area contributed by atoms with Crippen LogP contribution in [-0.4, -0.2) is 20.0 Å². The molecule has 3 rings (SSSR count). The molecule has 2 heterocycles. The van der Waals surface area contributed by atoms with E-state index in [1.807, 2.05) is 24.4 Å². The van der Waals surface area contributed by atoms with Crippen LogP contribution >= 0.6 is 11.3 Å². The van der Waals surface area contributed by atoms with Gasteiger partial charge in [0.1, 0.15) is 11.1 Å². The SMILES string of the molecule is Cc1ccc(S(=O)(=O)Cc2csc([C@H]3CCCO3)n2)cc1. The second-order valence-electron chi connectivity index (χ2n) is 5.25. The van der Waals surface area contributed by atoms with Crippen LogP contribution in [0.25, 0.3) is 0 Å². The van der Waals surface area contributed by atoms with E-state index in [1.165, 1.54) is 11.3 Å². The molecule has 4 nitrogen and oxygen atoms in total. The lowest BCUT2D eigenvalue weighted by Gasteiger charge is -2.04. The highest BCUT2D eigenvalue weighted by atomic mass is 32.2. The number of sulfone groups is 1. The van der Waals surface area contributed by atoms with Gasteiger partial charge in [-0.25, -0.2) is 13.4 Å². The second-order valence-corrected chi connectivity index (χ2v) is 8.13. The maximum atomic E-state index is 12.4. The summed E-state index contributed by atoms with van der Waals surface area (Å²) in [6.45, 7) is 2.70. The Kier molecular flexibility index (Phi) is 4.10. The van der Waals surface area contributed by atoms with Gasteiger partial charge >= 0.3 is 0 Å². The number of thiazole rings is 1. The monoisotopic (exact) mass is 323 g/mol. The smallest absolute Gasteiger partial charge is 0.184 e. The molecule has 1 aliphatic heterocycles. The zero-order valence-corrected chi connectivity index (χ0v) is 13.4. The van der Waals surface area contributed by atoms with Gasteiger partial charge in [-0.2, -0.15) is 0 Å². The van der Waals surface area contributed by atoms with Gasteiger partial charge in [0.2, 0.25) is 0 Å². The number of aromatic nitrogens is 1. The summed E-state index contributed by atoms with van der Waals surface area (Å²) in [6.07, 6.45) is 2.06. The number of rotatable bonds is 4. The van der Waals surface area contributed by atoms with Crippen molar-refractivity contribution in [2.75, 3.05) is 6.61 Å². The van der Waals surface area contributed by atoms with Crippen molar-refractivity contribution in [1.29, 1.82) is 0 Å². The number of ether oxygens (including phenoxy) is 1. The van der Waals surface area contributed by atoms with Gasteiger partial charge in [-0.3, -0.25) is 0 Å². The molecule has 1 aliphatic rings. The van der Waals surface area contributed by atoms with Crippen molar-refractivity contribution in [3.63, 3.8) is 0 Å². The highest BCUT2D eigenvalue weighted by Gasteiger charge is 2.23. The molecule has 0 unspecified atom stereocenters. The molecule has 0 amide bonds. The maximum absolute atomic E-state index is 12.4. The molecular formula is C15H17NO3S2. The quantitative estimate of drug-likeness (QED) is 0.866. The highest BCUT2D eigenvalue weighted by Crippen LogP contribution is 2.31. The Bertz CT molecular complexity index is 714. The van der Waals surface area contributed by atoms with E-state index in [2.05, 4.69) is 4.98 Å². The Balaban J connectivity index is 1.77. The first kappa shape index (κ1) is 14.7. The van der Waals surface area contributed by atoms with Crippen LogP contribution in [0.5, 0.6) is 0 Å². The zero-order chi connectivity index (χ0) is 14.9. The van der Waals surface area contributed by atoms with Crippen molar-refractivity contribution >= 4 is 21.2 Å². The van der Waals surface area contributed by atoms with Crippen molar-refractivity contribution in [3.05, 3.63) is 45.9 Å². The Morgan fingerprint density at radius 1 is 1.33 bits per heavy atom. The number of aryl methyl sites for hydroxylation is 1. The zero-order valence-electron chi connectivity index (χ0n) is 11.8. The van der Waals surface area contributed by atoms with Crippen LogP contribution in [0.3, 0.4) is 0 Å². The molecule has 21 heavy (non-hydrogen) atoms. The van der Waals surface area contributed by atoms with E-state index in [1.54, 1.807) is 12.1 Å². The second kappa shape index (κ2) is 5.87. The van der Waals surface area contributed by atoms with Gasteiger partial charge < -0.3 is 4.74 Å². The number of hydrogen-bond donors (Lipinski definition) is 0. The van der Waals surface area contributed by atoms with Gasteiger partial charge in [-0.05, 0) is 31.9 Å². The third-order valence-corrected chi connectivity index (χ3v) is 6.14. The molecule has 0 N–H and O–H groups in total. The Morgan fingerprint density at radius 3 is 2.76 bits per heavy atom. The molecule has 1 saturated heterocycles. The molecule has 0 saturated carbocycles. The van der Waals surface area contributed by atoms with E-state index < -0.39 is 9.84 Å². The lowest BCUT2D eigenvalue weighted by molar-refractivity contribution is 0.111. The molecule has 0 spiro atoms. The van der Waals surface area contributed by atoms with Gasteiger partial charge in [0.15, 0.2) is 9.84 Å². The van der Waals surface area contributed by atoms with Crippen LogP contribution in [-0.2, 0) is 20.3 Å². The van der Waals surface area contributed by atoms with Crippen molar-refractivity contribution in [2.24, 2.45) is 0 Å². The van der Waals surface area contributed by atoms with Crippen LogP contribution in [0.15, 0.2) is 34.5 Å². The van der Waals surface area contributed by atoms with Crippen molar-refractivity contribution < 1.29 is 13.2 Å². The average molecular weight is 323 g/mol. The standard InChI is InChI=1S/C15H17NO3S2/c1-11-4-6-13(7-5-11)21(17,18)10-12-9-20-15(16-12)14-3-2-8-19-14/h4-7,9,14H,2-3,8,10H2,1H3/t14-/m1/s1. The Morgan fingerprint density at radius 2 is 2.10 bits per heavy atom. The van der Waals surface area contributed by atoms with Crippen LogP contribution < -0.4 is 0 Å². The maximum Gasteiger partial charge on any atom is 0.184 e. The number of hydrogen-bond acceptors (Lipinski definition) is 5. The largest absolute Gasteiger partial charge is 0.371 e. The fraction of sp³-hybridized carbons (Fsp3) is 0.400. The summed E-state index contributed by atoms with van der Waals surface area (Å²) in [6, 6.07) is 6.92. The lowest BCUT2D eigenvalue weighted by atomic mass is 10.2. The van der Waals surface area contributed by atoms with Gasteiger partial charge in [-0.1, -0.05) is 17.7 Å². The molecule has 6 heteroatoms. The topological polar surface area (TPSA) is 56.3 Å². The summed E-state index contributed by atoms with van der Waals surface area (Å²) in [5, 5.41) is 2.71. The molecule has 112 valence electrons. The fourth-order valence-corrected chi connectivity index (χ4v) is 4.59. The van der Waals surface area contributed by atoms with Crippen molar-refractivity contribution in [2.45, 2.75) is 36.5 Å². The average Bonchev–Trinajstić information content (AvgIpc) is 3.09. The van der Waals surface area contributed by atoms with Crippen molar-refractivity contribution in [3.8, 4) is 0 Å². The minimum absolute atomic E-state index is 0.0471. The van der Waals surface area contributed by atoms with Gasteiger partial charge in [-0.15, -0.1) is 11.3 Å². The Hall–Kier alpha value is -1.24. The first-order valence-corrected chi connectivity index (χ1v) is 9.43. The molecule has 1 aromatic carbocycles. The molecule has 2 aromatic rings. The molecule has 0 radical (unpaired) electrons. The summed E-state index contributed by atoms with van der Waals surface area (Å²) in [5.41, 5.74) is 1.65. The predicted octanol–water partition coefficient (Wildman–Crippen LogP) is 3.28. The van der Waals surface area contributed by atoms with E-state index in [0.717, 1.165) is 30.0 Å². The predicted molar refractivity (Wildman–Crippen MR) is 82.1 cm³/mol. The van der Waals surface area contributed by atoms with Gasteiger partial charge in [0.05, 0.1) is 16.3 Å². The van der Waals surface area contributed by atoms with Gasteiger partial charge in [0, 0.05) is 12.0 Å². The summed E-state index contributed by atoms with van der Waals surface area (Å²) in [4.78, 5) is 4.78. The third kappa shape index (κ3) is 3.33. The fourth-order valence-electron chi connectivity index (χ4n) is 2.33. The molecular weight excluding hydrogens is 306 g/mol. The van der Waals surface area contributed by atoms with E-state index in [-0.39, 0.29) is 11.9 Å². The first-order valence-electron chi connectivity index (χ1n) is 6.90. The molecule has 1 fully saturated rings. The van der Waals surface area contributed by atoms with Crippen molar-refractivity contribution in [1.82, 2.24) is 4.98 Å². The minimum atomic E-state index is -3.34. The molecule has 0 bridgehead atoms.